The Morgan fingerprint density at radius 2 is 2.04 bits per heavy atom. The van der Waals surface area contributed by atoms with Gasteiger partial charge in [-0.3, -0.25) is 14.9 Å². The lowest BCUT2D eigenvalue weighted by Crippen LogP contribution is -2.20. The third-order valence-corrected chi connectivity index (χ3v) is 4.52. The highest BCUT2D eigenvalue weighted by Crippen LogP contribution is 2.25. The summed E-state index contributed by atoms with van der Waals surface area (Å²) in [5, 5.41) is 13.6. The number of nitro groups is 1. The van der Waals surface area contributed by atoms with Gasteiger partial charge in [-0.2, -0.15) is 0 Å². The minimum absolute atomic E-state index is 0.0221. The van der Waals surface area contributed by atoms with Crippen molar-refractivity contribution in [2.24, 2.45) is 0 Å². The van der Waals surface area contributed by atoms with E-state index in [0.29, 0.717) is 17.0 Å². The van der Waals surface area contributed by atoms with Crippen LogP contribution in [0.25, 0.3) is 0 Å². The van der Waals surface area contributed by atoms with Gasteiger partial charge in [0.05, 0.1) is 10.6 Å². The van der Waals surface area contributed by atoms with E-state index < -0.39 is 4.92 Å². The van der Waals surface area contributed by atoms with Crippen LogP contribution in [0, 0.1) is 17.0 Å². The van der Waals surface area contributed by atoms with Crippen LogP contribution in [0.1, 0.15) is 30.9 Å². The average Bonchev–Trinajstić information content (AvgIpc) is 2.60. The lowest BCUT2D eigenvalue weighted by atomic mass is 10.1. The van der Waals surface area contributed by atoms with Gasteiger partial charge in [0.1, 0.15) is 5.75 Å². The monoisotopic (exact) mass is 420 g/mol. The van der Waals surface area contributed by atoms with E-state index in [4.69, 9.17) is 4.74 Å². The summed E-state index contributed by atoms with van der Waals surface area (Å²) in [5.74, 6) is 0.111. The fourth-order valence-corrected chi connectivity index (χ4v) is 2.98. The van der Waals surface area contributed by atoms with Gasteiger partial charge in [-0.1, -0.05) is 19.4 Å². The van der Waals surface area contributed by atoms with E-state index in [2.05, 4.69) is 28.2 Å². The predicted octanol–water partition coefficient (Wildman–Crippen LogP) is 5.03. The molecular formula is C19H21BrN2O4. The van der Waals surface area contributed by atoms with Gasteiger partial charge in [0, 0.05) is 16.1 Å². The Balaban J connectivity index is 1.93. The maximum absolute atomic E-state index is 12.1. The second kappa shape index (κ2) is 9.33. The highest BCUT2D eigenvalue weighted by Gasteiger charge is 2.12. The number of ether oxygens (including phenoxy) is 1. The van der Waals surface area contributed by atoms with E-state index >= 15 is 0 Å². The molecule has 0 fully saturated rings. The maximum atomic E-state index is 12.1. The lowest BCUT2D eigenvalue weighted by Gasteiger charge is -2.10. The fourth-order valence-electron chi connectivity index (χ4n) is 2.45. The van der Waals surface area contributed by atoms with E-state index in [0.717, 1.165) is 23.7 Å². The number of carbonyl (C=O) groups is 1. The summed E-state index contributed by atoms with van der Waals surface area (Å²) in [6.45, 7) is 3.60. The summed E-state index contributed by atoms with van der Waals surface area (Å²) in [6, 6.07) is 10.3. The molecule has 0 spiro atoms. The van der Waals surface area contributed by atoms with Gasteiger partial charge in [-0.25, -0.2) is 0 Å². The molecule has 2 aromatic rings. The Hall–Kier alpha value is -2.41. The average molecular weight is 421 g/mol. The van der Waals surface area contributed by atoms with Crippen molar-refractivity contribution in [3.8, 4) is 5.75 Å². The van der Waals surface area contributed by atoms with Gasteiger partial charge in [-0.15, -0.1) is 0 Å². The molecule has 2 aromatic carbocycles. The summed E-state index contributed by atoms with van der Waals surface area (Å²) < 4.78 is 6.25. The molecule has 0 heterocycles. The third kappa shape index (κ3) is 5.56. The van der Waals surface area contributed by atoms with Crippen molar-refractivity contribution in [2.45, 2.75) is 33.1 Å². The molecule has 6 nitrogen and oxygen atoms in total. The molecule has 1 N–H and O–H groups in total. The number of benzene rings is 2. The number of amides is 1. The Bertz CT molecular complexity index is 808. The van der Waals surface area contributed by atoms with Crippen molar-refractivity contribution in [1.29, 1.82) is 0 Å². The second-order valence-electron chi connectivity index (χ2n) is 5.96. The summed E-state index contributed by atoms with van der Waals surface area (Å²) in [7, 11) is 0. The molecule has 0 unspecified atom stereocenters. The van der Waals surface area contributed by atoms with E-state index in [1.807, 2.05) is 18.2 Å². The van der Waals surface area contributed by atoms with Crippen LogP contribution >= 0.6 is 15.9 Å². The van der Waals surface area contributed by atoms with Gasteiger partial charge in [0.15, 0.2) is 6.61 Å². The quantitative estimate of drug-likeness (QED) is 0.479. The molecule has 0 aliphatic carbocycles. The SMILES string of the molecule is CCCCc1ccc(NC(=O)COc2ccc([N+](=O)[O-])c(C)c2)c(Br)c1. The Kier molecular flexibility index (Phi) is 7.15. The molecule has 7 heteroatoms. The molecule has 0 aromatic heterocycles. The second-order valence-corrected chi connectivity index (χ2v) is 6.81. The Labute approximate surface area is 160 Å². The van der Waals surface area contributed by atoms with Crippen LogP contribution in [0.4, 0.5) is 11.4 Å². The molecule has 0 bridgehead atoms. The van der Waals surface area contributed by atoms with Gasteiger partial charge in [0.25, 0.3) is 11.6 Å². The number of nitro benzene ring substituents is 1. The molecular weight excluding hydrogens is 400 g/mol. The number of nitrogens with one attached hydrogen (secondary N) is 1. The summed E-state index contributed by atoms with van der Waals surface area (Å²) in [4.78, 5) is 22.5. The van der Waals surface area contributed by atoms with Crippen LogP contribution in [-0.2, 0) is 11.2 Å². The molecule has 26 heavy (non-hydrogen) atoms. The topological polar surface area (TPSA) is 81.5 Å². The summed E-state index contributed by atoms with van der Waals surface area (Å²) in [6.07, 6.45) is 3.27. The van der Waals surface area contributed by atoms with Crippen LogP contribution in [0.3, 0.4) is 0 Å². The van der Waals surface area contributed by atoms with Gasteiger partial charge in [0.2, 0.25) is 0 Å². The Morgan fingerprint density at radius 1 is 1.27 bits per heavy atom. The minimum atomic E-state index is -0.451. The van der Waals surface area contributed by atoms with Crippen LogP contribution in [-0.4, -0.2) is 17.4 Å². The molecule has 0 radical (unpaired) electrons. The number of carbonyl (C=O) groups excluding carboxylic acids is 1. The number of nitrogens with zero attached hydrogens (tertiary/aromatic N) is 1. The first-order valence-corrected chi connectivity index (χ1v) is 9.16. The van der Waals surface area contributed by atoms with Crippen molar-refractivity contribution in [3.05, 3.63) is 62.1 Å². The molecule has 138 valence electrons. The van der Waals surface area contributed by atoms with Gasteiger partial charge in [-0.05, 0) is 65.5 Å². The molecule has 0 atom stereocenters. The standard InChI is InChI=1S/C19H21BrN2O4/c1-3-4-5-14-6-8-17(16(20)11-14)21-19(23)12-26-15-7-9-18(22(24)25)13(2)10-15/h6-11H,3-5,12H2,1-2H3,(H,21,23). The first-order chi connectivity index (χ1) is 12.4. The van der Waals surface area contributed by atoms with Crippen LogP contribution < -0.4 is 10.1 Å². The number of hydrogen-bond acceptors (Lipinski definition) is 4. The summed E-state index contributed by atoms with van der Waals surface area (Å²) >= 11 is 3.48. The number of unbranched alkanes of at least 4 members (excludes halogenated alkanes) is 1. The maximum Gasteiger partial charge on any atom is 0.272 e. The van der Waals surface area contributed by atoms with Crippen molar-refractivity contribution < 1.29 is 14.5 Å². The lowest BCUT2D eigenvalue weighted by molar-refractivity contribution is -0.385. The normalized spacial score (nSPS) is 10.4. The fraction of sp³-hybridized carbons (Fsp3) is 0.316. The van der Waals surface area contributed by atoms with Crippen molar-refractivity contribution in [3.63, 3.8) is 0 Å². The molecule has 0 aliphatic rings. The zero-order chi connectivity index (χ0) is 19.1. The zero-order valence-electron chi connectivity index (χ0n) is 14.8. The Morgan fingerprint density at radius 3 is 2.65 bits per heavy atom. The van der Waals surface area contributed by atoms with Crippen molar-refractivity contribution in [2.75, 3.05) is 11.9 Å². The largest absolute Gasteiger partial charge is 0.484 e. The highest BCUT2D eigenvalue weighted by molar-refractivity contribution is 9.10. The highest BCUT2D eigenvalue weighted by atomic mass is 79.9. The number of rotatable bonds is 8. The molecule has 0 saturated carbocycles. The third-order valence-electron chi connectivity index (χ3n) is 3.86. The van der Waals surface area contributed by atoms with Crippen LogP contribution in [0.5, 0.6) is 5.75 Å². The number of aryl methyl sites for hydroxylation is 2. The predicted molar refractivity (Wildman–Crippen MR) is 105 cm³/mol. The molecule has 0 saturated heterocycles. The number of hydrogen-bond donors (Lipinski definition) is 1. The van der Waals surface area contributed by atoms with Crippen LogP contribution in [0.15, 0.2) is 40.9 Å². The summed E-state index contributed by atoms with van der Waals surface area (Å²) in [5.41, 5.74) is 2.40. The minimum Gasteiger partial charge on any atom is -0.484 e. The molecule has 1 amide bonds. The van der Waals surface area contributed by atoms with Crippen molar-refractivity contribution in [1.82, 2.24) is 0 Å². The van der Waals surface area contributed by atoms with E-state index in [9.17, 15) is 14.9 Å². The molecule has 0 aliphatic heterocycles. The smallest absolute Gasteiger partial charge is 0.272 e. The first-order valence-electron chi connectivity index (χ1n) is 8.36. The van der Waals surface area contributed by atoms with Gasteiger partial charge < -0.3 is 10.1 Å². The van der Waals surface area contributed by atoms with E-state index in [-0.39, 0.29) is 18.2 Å². The number of halogens is 1. The number of anilines is 1. The molecule has 2 rings (SSSR count). The van der Waals surface area contributed by atoms with Crippen LogP contribution in [0.2, 0.25) is 0 Å². The van der Waals surface area contributed by atoms with E-state index in [1.54, 1.807) is 13.0 Å². The zero-order valence-corrected chi connectivity index (χ0v) is 16.3. The first kappa shape index (κ1) is 19.9. The van der Waals surface area contributed by atoms with Gasteiger partial charge >= 0.3 is 0 Å². The van der Waals surface area contributed by atoms with Crippen molar-refractivity contribution >= 4 is 33.2 Å². The van der Waals surface area contributed by atoms with E-state index in [1.165, 1.54) is 17.7 Å².